The van der Waals surface area contributed by atoms with Gasteiger partial charge in [0, 0.05) is 25.8 Å². The average molecular weight is 221 g/mol. The van der Waals surface area contributed by atoms with Gasteiger partial charge in [-0.05, 0) is 30.9 Å². The van der Waals surface area contributed by atoms with Gasteiger partial charge in [-0.3, -0.25) is 0 Å². The third-order valence-electron chi connectivity index (χ3n) is 2.83. The van der Waals surface area contributed by atoms with Gasteiger partial charge < -0.3 is 10.6 Å². The van der Waals surface area contributed by atoms with Gasteiger partial charge in [0.15, 0.2) is 0 Å². The fraction of sp³-hybridized carbons (Fsp3) is 0.615. The van der Waals surface area contributed by atoms with Crippen molar-refractivity contribution in [1.82, 2.24) is 4.98 Å². The molecular formula is C13H23N3. The Kier molecular flexibility index (Phi) is 4.74. The van der Waals surface area contributed by atoms with Crippen molar-refractivity contribution in [3.8, 4) is 0 Å². The lowest BCUT2D eigenvalue weighted by Gasteiger charge is -2.20. The maximum Gasteiger partial charge on any atom is 0.128 e. The van der Waals surface area contributed by atoms with E-state index in [1.165, 1.54) is 6.42 Å². The molecule has 0 radical (unpaired) electrons. The van der Waals surface area contributed by atoms with Crippen LogP contribution in [0, 0.1) is 12.8 Å². The van der Waals surface area contributed by atoms with Crippen LogP contribution in [-0.2, 0) is 6.54 Å². The van der Waals surface area contributed by atoms with E-state index >= 15 is 0 Å². The van der Waals surface area contributed by atoms with E-state index in [9.17, 15) is 0 Å². The Morgan fingerprint density at radius 2 is 2.06 bits per heavy atom. The fourth-order valence-electron chi connectivity index (χ4n) is 1.57. The first-order valence-corrected chi connectivity index (χ1v) is 5.92. The van der Waals surface area contributed by atoms with Crippen molar-refractivity contribution in [3.05, 3.63) is 23.4 Å². The number of aryl methyl sites for hydroxylation is 1. The summed E-state index contributed by atoms with van der Waals surface area (Å²) < 4.78 is 0. The van der Waals surface area contributed by atoms with Crippen LogP contribution in [0.3, 0.4) is 0 Å². The number of rotatable bonds is 5. The second kappa shape index (κ2) is 5.85. The van der Waals surface area contributed by atoms with Crippen molar-refractivity contribution in [2.24, 2.45) is 11.7 Å². The van der Waals surface area contributed by atoms with Crippen LogP contribution >= 0.6 is 0 Å². The summed E-state index contributed by atoms with van der Waals surface area (Å²) in [6.45, 7) is 8.11. The Morgan fingerprint density at radius 1 is 1.38 bits per heavy atom. The summed E-state index contributed by atoms with van der Waals surface area (Å²) in [4.78, 5) is 6.77. The summed E-state index contributed by atoms with van der Waals surface area (Å²) in [5.41, 5.74) is 7.79. The molecule has 0 saturated carbocycles. The van der Waals surface area contributed by atoms with Gasteiger partial charge in [-0.1, -0.05) is 19.9 Å². The average Bonchev–Trinajstić information content (AvgIpc) is 2.25. The molecule has 0 atom stereocenters. The summed E-state index contributed by atoms with van der Waals surface area (Å²) in [6.07, 6.45) is 1.19. The minimum atomic E-state index is 0.564. The van der Waals surface area contributed by atoms with E-state index in [1.807, 2.05) is 6.92 Å². The summed E-state index contributed by atoms with van der Waals surface area (Å²) in [5, 5.41) is 0. The molecule has 16 heavy (non-hydrogen) atoms. The molecule has 1 rings (SSSR count). The third kappa shape index (κ3) is 3.49. The highest BCUT2D eigenvalue weighted by molar-refractivity contribution is 5.40. The largest absolute Gasteiger partial charge is 0.360 e. The van der Waals surface area contributed by atoms with Crippen molar-refractivity contribution in [3.63, 3.8) is 0 Å². The van der Waals surface area contributed by atoms with Crippen LogP contribution in [-0.4, -0.2) is 18.6 Å². The monoisotopic (exact) mass is 221 g/mol. The van der Waals surface area contributed by atoms with Gasteiger partial charge >= 0.3 is 0 Å². The number of nitrogens with two attached hydrogens (primary N) is 1. The molecule has 90 valence electrons. The second-order valence-corrected chi connectivity index (χ2v) is 4.72. The quantitative estimate of drug-likeness (QED) is 0.829. The normalized spacial score (nSPS) is 10.9. The molecule has 0 aliphatic heterocycles. The van der Waals surface area contributed by atoms with Crippen molar-refractivity contribution in [1.29, 1.82) is 0 Å². The highest BCUT2D eigenvalue weighted by Crippen LogP contribution is 2.14. The first-order chi connectivity index (χ1) is 7.54. The maximum atomic E-state index is 5.62. The van der Waals surface area contributed by atoms with Crippen LogP contribution in [0.5, 0.6) is 0 Å². The minimum Gasteiger partial charge on any atom is -0.360 e. The Labute approximate surface area is 98.7 Å². The first kappa shape index (κ1) is 13.0. The van der Waals surface area contributed by atoms with Crippen molar-refractivity contribution in [2.75, 3.05) is 18.5 Å². The van der Waals surface area contributed by atoms with Crippen LogP contribution in [0.25, 0.3) is 0 Å². The zero-order valence-electron chi connectivity index (χ0n) is 10.8. The number of hydrogen-bond donors (Lipinski definition) is 1. The molecule has 0 spiro atoms. The highest BCUT2D eigenvalue weighted by atomic mass is 15.2. The van der Waals surface area contributed by atoms with E-state index in [1.54, 1.807) is 0 Å². The Hall–Kier alpha value is -1.09. The molecule has 0 fully saturated rings. The van der Waals surface area contributed by atoms with E-state index in [-0.39, 0.29) is 0 Å². The van der Waals surface area contributed by atoms with Crippen LogP contribution in [0.15, 0.2) is 12.1 Å². The van der Waals surface area contributed by atoms with E-state index < -0.39 is 0 Å². The Balaban J connectivity index is 2.69. The molecule has 0 saturated heterocycles. The topological polar surface area (TPSA) is 42.2 Å². The zero-order valence-corrected chi connectivity index (χ0v) is 10.8. The molecule has 0 unspecified atom stereocenters. The van der Waals surface area contributed by atoms with E-state index in [0.717, 1.165) is 29.5 Å². The third-order valence-corrected chi connectivity index (χ3v) is 2.83. The van der Waals surface area contributed by atoms with Crippen molar-refractivity contribution >= 4 is 5.82 Å². The molecule has 3 heteroatoms. The molecular weight excluding hydrogens is 198 g/mol. The lowest BCUT2D eigenvalue weighted by molar-refractivity contribution is 0.583. The molecule has 2 N–H and O–H groups in total. The van der Waals surface area contributed by atoms with E-state index in [4.69, 9.17) is 5.73 Å². The molecule has 1 aromatic rings. The highest BCUT2D eigenvalue weighted by Gasteiger charge is 2.05. The van der Waals surface area contributed by atoms with Crippen LogP contribution in [0.2, 0.25) is 0 Å². The summed E-state index contributed by atoms with van der Waals surface area (Å²) in [6, 6.07) is 4.12. The number of anilines is 1. The van der Waals surface area contributed by atoms with E-state index in [0.29, 0.717) is 6.54 Å². The molecule has 1 aromatic heterocycles. The zero-order chi connectivity index (χ0) is 12.1. The predicted octanol–water partition coefficient (Wildman–Crippen LogP) is 2.33. The van der Waals surface area contributed by atoms with Gasteiger partial charge in [-0.15, -0.1) is 0 Å². The van der Waals surface area contributed by atoms with Crippen molar-refractivity contribution < 1.29 is 0 Å². The molecule has 3 nitrogen and oxygen atoms in total. The summed E-state index contributed by atoms with van der Waals surface area (Å²) >= 11 is 0. The Morgan fingerprint density at radius 3 is 2.56 bits per heavy atom. The second-order valence-electron chi connectivity index (χ2n) is 4.72. The van der Waals surface area contributed by atoms with Gasteiger partial charge in [-0.2, -0.15) is 0 Å². The number of pyridine rings is 1. The van der Waals surface area contributed by atoms with Crippen molar-refractivity contribution in [2.45, 2.75) is 33.7 Å². The lowest BCUT2D eigenvalue weighted by atomic mass is 10.1. The molecule has 1 heterocycles. The molecule has 0 amide bonds. The first-order valence-electron chi connectivity index (χ1n) is 5.92. The van der Waals surface area contributed by atoms with Crippen LogP contribution < -0.4 is 10.6 Å². The van der Waals surface area contributed by atoms with Gasteiger partial charge in [0.2, 0.25) is 0 Å². The molecule has 0 bridgehead atoms. The lowest BCUT2D eigenvalue weighted by Crippen LogP contribution is -2.21. The number of hydrogen-bond acceptors (Lipinski definition) is 3. The van der Waals surface area contributed by atoms with E-state index in [2.05, 4.69) is 42.9 Å². The van der Waals surface area contributed by atoms with Crippen LogP contribution in [0.1, 0.15) is 31.5 Å². The fourth-order valence-corrected chi connectivity index (χ4v) is 1.57. The summed E-state index contributed by atoms with van der Waals surface area (Å²) in [5.74, 6) is 1.77. The standard InChI is InChI=1S/C13H23N3/c1-10(2)7-8-16(4)13-6-5-12(9-14)11(3)15-13/h5-6,10H,7-9,14H2,1-4H3. The number of aromatic nitrogens is 1. The van der Waals surface area contributed by atoms with Gasteiger partial charge in [0.1, 0.15) is 5.82 Å². The maximum absolute atomic E-state index is 5.62. The van der Waals surface area contributed by atoms with Crippen LogP contribution in [0.4, 0.5) is 5.82 Å². The predicted molar refractivity (Wildman–Crippen MR) is 69.6 cm³/mol. The van der Waals surface area contributed by atoms with Gasteiger partial charge in [0.05, 0.1) is 0 Å². The smallest absolute Gasteiger partial charge is 0.128 e. The Bertz CT molecular complexity index is 334. The molecule has 0 aliphatic carbocycles. The summed E-state index contributed by atoms with van der Waals surface area (Å²) in [7, 11) is 2.09. The minimum absolute atomic E-state index is 0.564. The van der Waals surface area contributed by atoms with Gasteiger partial charge in [-0.25, -0.2) is 4.98 Å². The number of nitrogens with zero attached hydrogens (tertiary/aromatic N) is 2. The molecule has 0 aromatic carbocycles. The molecule has 0 aliphatic rings. The SMILES string of the molecule is Cc1nc(N(C)CCC(C)C)ccc1CN. The van der Waals surface area contributed by atoms with Gasteiger partial charge in [0.25, 0.3) is 0 Å².